The summed E-state index contributed by atoms with van der Waals surface area (Å²) in [6.45, 7) is 3.39. The number of para-hydroxylation sites is 2. The predicted octanol–water partition coefficient (Wildman–Crippen LogP) is 4.39. The fourth-order valence-corrected chi connectivity index (χ4v) is 3.77. The molecule has 152 valence electrons. The second-order valence-electron chi connectivity index (χ2n) is 7.58. The number of rotatable bonds is 5. The van der Waals surface area contributed by atoms with E-state index in [2.05, 4.69) is 5.32 Å². The zero-order valence-corrected chi connectivity index (χ0v) is 16.5. The van der Waals surface area contributed by atoms with E-state index in [1.165, 1.54) is 6.26 Å². The zero-order valence-electron chi connectivity index (χ0n) is 16.5. The van der Waals surface area contributed by atoms with Crippen molar-refractivity contribution in [2.45, 2.75) is 31.9 Å². The number of hydrogen-bond acceptors (Lipinski definition) is 5. The number of piperidine rings is 1. The highest BCUT2D eigenvalue weighted by Gasteiger charge is 2.26. The number of ether oxygens (including phenoxy) is 1. The maximum atomic E-state index is 12.4. The van der Waals surface area contributed by atoms with Crippen molar-refractivity contribution < 1.29 is 19.1 Å². The van der Waals surface area contributed by atoms with Gasteiger partial charge in [0.2, 0.25) is 0 Å². The molecule has 2 N–H and O–H groups in total. The molecule has 1 aromatic heterocycles. The molecule has 2 aliphatic rings. The first-order chi connectivity index (χ1) is 14.1. The largest absolute Gasteiger partial charge is 0.508 e. The number of aliphatic hydroxyl groups excluding tert-OH is 1. The van der Waals surface area contributed by atoms with Gasteiger partial charge in [0.05, 0.1) is 12.0 Å². The minimum absolute atomic E-state index is 0.0495. The second-order valence-corrected chi connectivity index (χ2v) is 7.58. The van der Waals surface area contributed by atoms with Crippen LogP contribution in [0.1, 0.15) is 30.3 Å². The smallest absolute Gasteiger partial charge is 0.289 e. The first-order valence-electron chi connectivity index (χ1n) is 10.0. The number of amides is 1. The van der Waals surface area contributed by atoms with Crippen molar-refractivity contribution in [1.29, 1.82) is 0 Å². The lowest BCUT2D eigenvalue weighted by molar-refractivity contribution is 0.0686. The van der Waals surface area contributed by atoms with Crippen LogP contribution < -0.4 is 10.1 Å². The third-order valence-electron chi connectivity index (χ3n) is 5.43. The Morgan fingerprint density at radius 2 is 2.00 bits per heavy atom. The van der Waals surface area contributed by atoms with Crippen LogP contribution in [0.5, 0.6) is 5.75 Å². The molecule has 2 atom stereocenters. The van der Waals surface area contributed by atoms with Gasteiger partial charge < -0.3 is 24.5 Å². The van der Waals surface area contributed by atoms with Crippen LogP contribution in [0.15, 0.2) is 71.1 Å². The Labute approximate surface area is 170 Å². The molecule has 1 fully saturated rings. The Hall–Kier alpha value is -3.15. The van der Waals surface area contributed by atoms with Crippen LogP contribution in [0, 0.1) is 5.92 Å². The predicted molar refractivity (Wildman–Crippen MR) is 111 cm³/mol. The Morgan fingerprint density at radius 3 is 2.72 bits per heavy atom. The van der Waals surface area contributed by atoms with Gasteiger partial charge in [-0.25, -0.2) is 0 Å². The molecule has 0 bridgehead atoms. The van der Waals surface area contributed by atoms with Gasteiger partial charge in [-0.1, -0.05) is 19.1 Å². The summed E-state index contributed by atoms with van der Waals surface area (Å²) >= 11 is 0. The van der Waals surface area contributed by atoms with Gasteiger partial charge in [0.15, 0.2) is 5.76 Å². The van der Waals surface area contributed by atoms with Gasteiger partial charge in [-0.05, 0) is 55.3 Å². The minimum atomic E-state index is -0.124. The molecule has 2 heterocycles. The molecule has 1 amide bonds. The molecule has 1 aromatic carbocycles. The highest BCUT2D eigenvalue weighted by Crippen LogP contribution is 2.30. The Kier molecular flexibility index (Phi) is 5.60. The topological polar surface area (TPSA) is 74.9 Å². The number of nitrogens with zero attached hydrogens (tertiary/aromatic N) is 1. The molecule has 2 unspecified atom stereocenters. The number of hydrogen-bond donors (Lipinski definition) is 2. The average molecular weight is 394 g/mol. The standard InChI is InChI=1S/C23H26N2O4/c1-16-15-18(26)8-9-20(16)29-21-6-3-2-5-19(21)24-17-10-12-25(13-11-17)23(27)22-7-4-14-28-22/h2-9,14-17,20,24,26H,10-13H2,1H3. The van der Waals surface area contributed by atoms with Crippen molar-refractivity contribution in [3.05, 3.63) is 72.4 Å². The molecule has 2 aromatic rings. The molecule has 1 aliphatic heterocycles. The van der Waals surface area contributed by atoms with Gasteiger partial charge in [0.25, 0.3) is 5.91 Å². The first-order valence-corrected chi connectivity index (χ1v) is 10.0. The third kappa shape index (κ3) is 4.47. The summed E-state index contributed by atoms with van der Waals surface area (Å²) in [5, 5.41) is 13.2. The fraction of sp³-hybridized carbons (Fsp3) is 0.348. The van der Waals surface area contributed by atoms with Gasteiger partial charge >= 0.3 is 0 Å². The number of allylic oxidation sites excluding steroid dienone is 1. The van der Waals surface area contributed by atoms with Crippen LogP contribution in [0.25, 0.3) is 0 Å². The monoisotopic (exact) mass is 394 g/mol. The van der Waals surface area contributed by atoms with Crippen molar-refractivity contribution in [1.82, 2.24) is 4.90 Å². The minimum Gasteiger partial charge on any atom is -0.508 e. The van der Waals surface area contributed by atoms with Crippen LogP contribution in [-0.4, -0.2) is 41.1 Å². The Bertz CT molecular complexity index is 895. The van der Waals surface area contributed by atoms with Crippen molar-refractivity contribution in [2.75, 3.05) is 18.4 Å². The van der Waals surface area contributed by atoms with Crippen molar-refractivity contribution in [2.24, 2.45) is 5.92 Å². The van der Waals surface area contributed by atoms with Crippen molar-refractivity contribution in [3.63, 3.8) is 0 Å². The lowest BCUT2D eigenvalue weighted by Crippen LogP contribution is -2.42. The van der Waals surface area contributed by atoms with E-state index in [0.717, 1.165) is 24.3 Å². The van der Waals surface area contributed by atoms with E-state index in [0.29, 0.717) is 18.8 Å². The summed E-state index contributed by atoms with van der Waals surface area (Å²) in [6, 6.07) is 11.6. The number of carbonyl (C=O) groups is 1. The van der Waals surface area contributed by atoms with E-state index in [1.54, 1.807) is 24.3 Å². The molecule has 0 spiro atoms. The number of aliphatic hydroxyl groups is 1. The van der Waals surface area contributed by atoms with E-state index >= 15 is 0 Å². The van der Waals surface area contributed by atoms with Crippen LogP contribution in [0.4, 0.5) is 5.69 Å². The van der Waals surface area contributed by atoms with Gasteiger partial charge in [0.1, 0.15) is 17.6 Å². The number of nitrogens with one attached hydrogen (secondary N) is 1. The van der Waals surface area contributed by atoms with E-state index in [-0.39, 0.29) is 29.7 Å². The number of likely N-dealkylation sites (tertiary alicyclic amines) is 1. The molecule has 1 aliphatic carbocycles. The Balaban J connectivity index is 1.36. The third-order valence-corrected chi connectivity index (χ3v) is 5.43. The van der Waals surface area contributed by atoms with Crippen LogP contribution in [0.3, 0.4) is 0 Å². The summed E-state index contributed by atoms with van der Waals surface area (Å²) in [4.78, 5) is 14.3. The second kappa shape index (κ2) is 8.47. The molecule has 1 saturated heterocycles. The summed E-state index contributed by atoms with van der Waals surface area (Å²) in [6.07, 6.45) is 8.47. The lowest BCUT2D eigenvalue weighted by atomic mass is 9.99. The molecular weight excluding hydrogens is 368 g/mol. The average Bonchev–Trinajstić information content (AvgIpc) is 3.26. The van der Waals surface area contributed by atoms with Gasteiger partial charge in [-0.15, -0.1) is 0 Å². The number of furan rings is 1. The van der Waals surface area contributed by atoms with Crippen LogP contribution in [-0.2, 0) is 0 Å². The molecule has 6 nitrogen and oxygen atoms in total. The van der Waals surface area contributed by atoms with Gasteiger partial charge in [-0.2, -0.15) is 0 Å². The van der Waals surface area contributed by atoms with E-state index in [9.17, 15) is 9.90 Å². The zero-order chi connectivity index (χ0) is 20.2. The van der Waals surface area contributed by atoms with E-state index in [4.69, 9.17) is 9.15 Å². The maximum Gasteiger partial charge on any atom is 0.289 e. The summed E-state index contributed by atoms with van der Waals surface area (Å²) in [5.74, 6) is 1.50. The highest BCUT2D eigenvalue weighted by molar-refractivity contribution is 5.91. The molecule has 0 radical (unpaired) electrons. The number of anilines is 1. The normalized spacial score (nSPS) is 22.2. The molecule has 4 rings (SSSR count). The lowest BCUT2D eigenvalue weighted by Gasteiger charge is -2.33. The Morgan fingerprint density at radius 1 is 1.21 bits per heavy atom. The molecular formula is C23H26N2O4. The maximum absolute atomic E-state index is 12.4. The van der Waals surface area contributed by atoms with E-state index < -0.39 is 0 Å². The molecule has 29 heavy (non-hydrogen) atoms. The number of carbonyl (C=O) groups excluding carboxylic acids is 1. The van der Waals surface area contributed by atoms with Crippen LogP contribution >= 0.6 is 0 Å². The fourth-order valence-electron chi connectivity index (χ4n) is 3.77. The van der Waals surface area contributed by atoms with E-state index in [1.807, 2.05) is 42.2 Å². The molecule has 6 heteroatoms. The summed E-state index contributed by atoms with van der Waals surface area (Å²) in [7, 11) is 0. The van der Waals surface area contributed by atoms with Crippen molar-refractivity contribution >= 4 is 11.6 Å². The van der Waals surface area contributed by atoms with Gasteiger partial charge in [-0.3, -0.25) is 4.79 Å². The summed E-state index contributed by atoms with van der Waals surface area (Å²) < 4.78 is 11.4. The summed E-state index contributed by atoms with van der Waals surface area (Å²) in [5.41, 5.74) is 0.947. The highest BCUT2D eigenvalue weighted by atomic mass is 16.5. The van der Waals surface area contributed by atoms with Crippen LogP contribution in [0.2, 0.25) is 0 Å². The SMILES string of the molecule is CC1C=C(O)C=CC1Oc1ccccc1NC1CCN(C(=O)c2ccco2)CC1. The van der Waals surface area contributed by atoms with Crippen molar-refractivity contribution in [3.8, 4) is 5.75 Å². The quantitative estimate of drug-likeness (QED) is 0.787. The first kappa shape index (κ1) is 19.2. The van der Waals surface area contributed by atoms with Gasteiger partial charge in [0, 0.05) is 25.0 Å². The molecule has 0 saturated carbocycles. The number of benzene rings is 1.